The molecule has 2 heterocycles. The van der Waals surface area contributed by atoms with Gasteiger partial charge in [0, 0.05) is 12.6 Å². The van der Waals surface area contributed by atoms with E-state index in [1.807, 2.05) is 30.5 Å². The molecule has 2 aromatic heterocycles. The minimum Gasteiger partial charge on any atom is -0.370 e. The SMILES string of the molecule is CC(C)(CC(N)=O)n1c(CCl)nc2cccnc21. The largest absolute Gasteiger partial charge is 0.370 e. The maximum atomic E-state index is 11.2. The van der Waals surface area contributed by atoms with Gasteiger partial charge in [0.2, 0.25) is 5.91 Å². The lowest BCUT2D eigenvalue weighted by atomic mass is 9.99. The minimum atomic E-state index is -0.501. The van der Waals surface area contributed by atoms with E-state index in [4.69, 9.17) is 17.3 Å². The first-order valence-corrected chi connectivity index (χ1v) is 6.16. The number of halogens is 1. The lowest BCUT2D eigenvalue weighted by Gasteiger charge is -2.27. The van der Waals surface area contributed by atoms with E-state index in [0.29, 0.717) is 5.82 Å². The number of nitrogens with two attached hydrogens (primary N) is 1. The van der Waals surface area contributed by atoms with Crippen LogP contribution in [-0.2, 0) is 16.2 Å². The predicted molar refractivity (Wildman–Crippen MR) is 70.2 cm³/mol. The van der Waals surface area contributed by atoms with Crippen molar-refractivity contribution in [1.29, 1.82) is 0 Å². The zero-order valence-electron chi connectivity index (χ0n) is 10.4. The monoisotopic (exact) mass is 266 g/mol. The Morgan fingerprint density at radius 3 is 2.89 bits per heavy atom. The first-order chi connectivity index (χ1) is 8.45. The van der Waals surface area contributed by atoms with E-state index >= 15 is 0 Å². The third kappa shape index (κ3) is 2.18. The number of fused-ring (bicyclic) bond motifs is 1. The van der Waals surface area contributed by atoms with Gasteiger partial charge in [0.15, 0.2) is 5.65 Å². The molecule has 1 amide bonds. The van der Waals surface area contributed by atoms with Crippen molar-refractivity contribution in [2.24, 2.45) is 5.73 Å². The summed E-state index contributed by atoms with van der Waals surface area (Å²) >= 11 is 5.92. The minimum absolute atomic E-state index is 0.207. The number of hydrogen-bond donors (Lipinski definition) is 1. The van der Waals surface area contributed by atoms with Crippen molar-refractivity contribution in [3.8, 4) is 0 Å². The number of primary amides is 1. The summed E-state index contributed by atoms with van der Waals surface area (Å²) in [6, 6.07) is 3.69. The number of carbonyl (C=O) groups is 1. The van der Waals surface area contributed by atoms with Crippen molar-refractivity contribution in [2.45, 2.75) is 31.7 Å². The van der Waals surface area contributed by atoms with Crippen molar-refractivity contribution in [2.75, 3.05) is 0 Å². The number of hydrogen-bond acceptors (Lipinski definition) is 3. The van der Waals surface area contributed by atoms with E-state index < -0.39 is 5.54 Å². The highest BCUT2D eigenvalue weighted by atomic mass is 35.5. The molecule has 0 aliphatic rings. The van der Waals surface area contributed by atoms with Crippen molar-refractivity contribution >= 4 is 28.7 Å². The number of amides is 1. The maximum Gasteiger partial charge on any atom is 0.219 e. The van der Waals surface area contributed by atoms with Gasteiger partial charge in [-0.1, -0.05) is 0 Å². The van der Waals surface area contributed by atoms with E-state index in [-0.39, 0.29) is 18.2 Å². The number of aromatic nitrogens is 3. The molecular weight excluding hydrogens is 252 g/mol. The molecule has 0 aliphatic heterocycles. The third-order valence-electron chi connectivity index (χ3n) is 2.82. The summed E-state index contributed by atoms with van der Waals surface area (Å²) in [6.07, 6.45) is 1.90. The van der Waals surface area contributed by atoms with Gasteiger partial charge in [-0.3, -0.25) is 4.79 Å². The van der Waals surface area contributed by atoms with E-state index in [0.717, 1.165) is 11.2 Å². The molecule has 6 heteroatoms. The van der Waals surface area contributed by atoms with Crippen LogP contribution in [0, 0.1) is 0 Å². The van der Waals surface area contributed by atoms with Gasteiger partial charge in [0.05, 0.1) is 11.4 Å². The summed E-state index contributed by atoms with van der Waals surface area (Å²) in [5.41, 5.74) is 6.28. The van der Waals surface area contributed by atoms with E-state index in [1.54, 1.807) is 6.20 Å². The third-order valence-corrected chi connectivity index (χ3v) is 3.06. The highest BCUT2D eigenvalue weighted by molar-refractivity contribution is 6.16. The molecule has 2 aromatic rings. The zero-order valence-corrected chi connectivity index (χ0v) is 11.1. The smallest absolute Gasteiger partial charge is 0.219 e. The highest BCUT2D eigenvalue weighted by Crippen LogP contribution is 2.27. The van der Waals surface area contributed by atoms with E-state index in [2.05, 4.69) is 9.97 Å². The summed E-state index contributed by atoms with van der Waals surface area (Å²) < 4.78 is 1.89. The van der Waals surface area contributed by atoms with Crippen molar-refractivity contribution in [1.82, 2.24) is 14.5 Å². The van der Waals surface area contributed by atoms with Gasteiger partial charge in [-0.25, -0.2) is 9.97 Å². The molecule has 0 spiro atoms. The second kappa shape index (κ2) is 4.57. The zero-order chi connectivity index (χ0) is 13.3. The van der Waals surface area contributed by atoms with Gasteiger partial charge in [-0.05, 0) is 26.0 Å². The summed E-state index contributed by atoms with van der Waals surface area (Å²) in [6.45, 7) is 3.84. The molecule has 0 aromatic carbocycles. The van der Waals surface area contributed by atoms with Crippen LogP contribution in [0.3, 0.4) is 0 Å². The Hall–Kier alpha value is -1.62. The second-order valence-electron chi connectivity index (χ2n) is 4.80. The van der Waals surface area contributed by atoms with Crippen LogP contribution < -0.4 is 5.73 Å². The number of nitrogens with zero attached hydrogens (tertiary/aromatic N) is 3. The maximum absolute atomic E-state index is 11.2. The van der Waals surface area contributed by atoms with Gasteiger partial charge in [0.1, 0.15) is 11.3 Å². The quantitative estimate of drug-likeness (QED) is 0.857. The lowest BCUT2D eigenvalue weighted by molar-refractivity contribution is -0.119. The first-order valence-electron chi connectivity index (χ1n) is 5.63. The van der Waals surface area contributed by atoms with Crippen LogP contribution in [0.25, 0.3) is 11.2 Å². The molecule has 2 rings (SSSR count). The Bertz CT molecular complexity index is 591. The molecule has 5 nitrogen and oxygen atoms in total. The topological polar surface area (TPSA) is 73.8 Å². The van der Waals surface area contributed by atoms with Crippen LogP contribution >= 0.6 is 11.6 Å². The number of alkyl halides is 1. The normalized spacial score (nSPS) is 11.9. The fourth-order valence-corrected chi connectivity index (χ4v) is 2.37. The van der Waals surface area contributed by atoms with Crippen LogP contribution in [-0.4, -0.2) is 20.4 Å². The van der Waals surface area contributed by atoms with Gasteiger partial charge in [-0.2, -0.15) is 0 Å². The predicted octanol–water partition coefficient (Wildman–Crippen LogP) is 1.78. The van der Waals surface area contributed by atoms with E-state index in [9.17, 15) is 4.79 Å². The summed E-state index contributed by atoms with van der Waals surface area (Å²) in [4.78, 5) is 19.9. The van der Waals surface area contributed by atoms with Crippen molar-refractivity contribution in [3.05, 3.63) is 24.2 Å². The van der Waals surface area contributed by atoms with Crippen LogP contribution in [0.2, 0.25) is 0 Å². The Morgan fingerprint density at radius 2 is 2.28 bits per heavy atom. The molecule has 0 saturated heterocycles. The average Bonchev–Trinajstić information content (AvgIpc) is 2.66. The molecule has 2 N–H and O–H groups in total. The van der Waals surface area contributed by atoms with Gasteiger partial charge >= 0.3 is 0 Å². The van der Waals surface area contributed by atoms with Crippen molar-refractivity contribution in [3.63, 3.8) is 0 Å². The second-order valence-corrected chi connectivity index (χ2v) is 5.07. The molecule has 0 atom stereocenters. The molecule has 0 saturated carbocycles. The van der Waals surface area contributed by atoms with Crippen LogP contribution in [0.4, 0.5) is 0 Å². The Labute approximate surface area is 110 Å². The molecule has 0 unspecified atom stereocenters. The molecule has 0 bridgehead atoms. The Kier molecular flexibility index (Phi) is 3.26. The highest BCUT2D eigenvalue weighted by Gasteiger charge is 2.28. The number of carbonyl (C=O) groups excluding carboxylic acids is 1. The van der Waals surface area contributed by atoms with Crippen LogP contribution in [0.5, 0.6) is 0 Å². The van der Waals surface area contributed by atoms with Gasteiger partial charge < -0.3 is 10.3 Å². The first kappa shape index (κ1) is 12.8. The fraction of sp³-hybridized carbons (Fsp3) is 0.417. The summed E-state index contributed by atoms with van der Waals surface area (Å²) in [5, 5.41) is 0. The Balaban J connectivity index is 2.64. The van der Waals surface area contributed by atoms with Gasteiger partial charge in [0.25, 0.3) is 0 Å². The van der Waals surface area contributed by atoms with Crippen LogP contribution in [0.15, 0.2) is 18.3 Å². The fourth-order valence-electron chi connectivity index (χ4n) is 2.19. The molecule has 0 radical (unpaired) electrons. The summed E-state index contributed by atoms with van der Waals surface area (Å²) in [5.74, 6) is 0.591. The number of imidazole rings is 1. The lowest BCUT2D eigenvalue weighted by Crippen LogP contribution is -2.33. The number of pyridine rings is 1. The molecule has 96 valence electrons. The molecule has 18 heavy (non-hydrogen) atoms. The molecular formula is C12H15ClN4O. The van der Waals surface area contributed by atoms with Crippen LogP contribution in [0.1, 0.15) is 26.1 Å². The van der Waals surface area contributed by atoms with Crippen molar-refractivity contribution < 1.29 is 4.79 Å². The standard InChI is InChI=1S/C12H15ClN4O/c1-12(2,6-9(14)18)17-10(7-13)16-8-4-3-5-15-11(8)17/h3-5H,6-7H2,1-2H3,(H2,14,18). The molecule has 0 aliphatic carbocycles. The summed E-state index contributed by atoms with van der Waals surface area (Å²) in [7, 11) is 0. The van der Waals surface area contributed by atoms with Gasteiger partial charge in [-0.15, -0.1) is 11.6 Å². The molecule has 0 fully saturated rings. The average molecular weight is 267 g/mol. The number of rotatable bonds is 4. The Morgan fingerprint density at radius 1 is 1.56 bits per heavy atom. The van der Waals surface area contributed by atoms with E-state index in [1.165, 1.54) is 0 Å².